The summed E-state index contributed by atoms with van der Waals surface area (Å²) in [7, 11) is 0. The molecular formula is C28H23ClF2N2O2. The molecule has 178 valence electrons. The van der Waals surface area contributed by atoms with Gasteiger partial charge in [0.1, 0.15) is 11.7 Å². The van der Waals surface area contributed by atoms with Gasteiger partial charge in [0, 0.05) is 18.7 Å². The summed E-state index contributed by atoms with van der Waals surface area (Å²) in [6.07, 6.45) is 0.263. The van der Waals surface area contributed by atoms with Gasteiger partial charge >= 0.3 is 0 Å². The summed E-state index contributed by atoms with van der Waals surface area (Å²) in [6.45, 7) is 3.41. The Balaban J connectivity index is 1.77. The predicted octanol–water partition coefficient (Wildman–Crippen LogP) is 6.50. The van der Waals surface area contributed by atoms with Crippen LogP contribution in [-0.4, -0.2) is 5.91 Å². The average molecular weight is 493 g/mol. The van der Waals surface area contributed by atoms with Crippen LogP contribution in [0.5, 0.6) is 0 Å². The number of amides is 1. The van der Waals surface area contributed by atoms with Crippen molar-refractivity contribution in [2.45, 2.75) is 26.2 Å². The first-order chi connectivity index (χ1) is 16.8. The van der Waals surface area contributed by atoms with E-state index in [1.54, 1.807) is 12.1 Å². The van der Waals surface area contributed by atoms with E-state index in [0.717, 1.165) is 23.3 Å². The first-order valence-electron chi connectivity index (χ1n) is 11.0. The molecule has 1 N–H and O–H groups in total. The number of halogens is 3. The van der Waals surface area contributed by atoms with Crippen molar-refractivity contribution in [3.8, 4) is 11.1 Å². The van der Waals surface area contributed by atoms with Crippen molar-refractivity contribution < 1.29 is 18.3 Å². The summed E-state index contributed by atoms with van der Waals surface area (Å²) in [4.78, 5) is 13.4. The summed E-state index contributed by atoms with van der Waals surface area (Å²) < 4.78 is 29.7. The Kier molecular flexibility index (Phi) is 7.12. The molecule has 0 bridgehead atoms. The molecule has 7 heteroatoms. The molecule has 1 aromatic heterocycles. The molecule has 1 heterocycles. The maximum atomic E-state index is 14.7. The van der Waals surface area contributed by atoms with Gasteiger partial charge in [0.2, 0.25) is 11.6 Å². The summed E-state index contributed by atoms with van der Waals surface area (Å²) >= 11 is 5.85. The molecule has 0 saturated carbocycles. The number of aromatic nitrogens is 1. The molecule has 3 aromatic carbocycles. The zero-order chi connectivity index (χ0) is 25.1. The summed E-state index contributed by atoms with van der Waals surface area (Å²) in [5, 5.41) is 16.0. The van der Waals surface area contributed by atoms with Gasteiger partial charge in [-0.2, -0.15) is 4.73 Å². The third-order valence-corrected chi connectivity index (χ3v) is 6.23. The Hall–Kier alpha value is -3.77. The highest BCUT2D eigenvalue weighted by Gasteiger charge is 2.31. The molecule has 0 aliphatic rings. The largest absolute Gasteiger partial charge is 0.618 e. The van der Waals surface area contributed by atoms with Gasteiger partial charge in [-0.25, -0.2) is 8.78 Å². The number of nitrogens with one attached hydrogen (secondary N) is 1. The number of rotatable bonds is 6. The maximum Gasteiger partial charge on any atom is 0.238 e. The molecule has 0 saturated heterocycles. The lowest BCUT2D eigenvalue weighted by atomic mass is 9.93. The average Bonchev–Trinajstić information content (AvgIpc) is 2.85. The quantitative estimate of drug-likeness (QED) is 0.190. The van der Waals surface area contributed by atoms with E-state index in [-0.39, 0.29) is 39.9 Å². The van der Waals surface area contributed by atoms with Crippen LogP contribution in [0.1, 0.15) is 28.4 Å². The molecule has 1 amide bonds. The molecule has 0 radical (unpaired) electrons. The highest BCUT2D eigenvalue weighted by molar-refractivity contribution is 6.31. The van der Waals surface area contributed by atoms with Crippen LogP contribution >= 0.6 is 11.6 Å². The third-order valence-electron chi connectivity index (χ3n) is 5.94. The zero-order valence-corrected chi connectivity index (χ0v) is 19.9. The van der Waals surface area contributed by atoms with Crippen molar-refractivity contribution in [3.05, 3.63) is 123 Å². The maximum absolute atomic E-state index is 14.7. The van der Waals surface area contributed by atoms with Crippen LogP contribution in [0, 0.1) is 30.7 Å². The molecule has 4 nitrogen and oxygen atoms in total. The fraction of sp³-hybridized carbons (Fsp3) is 0.143. The van der Waals surface area contributed by atoms with Crippen LogP contribution in [0.15, 0.2) is 78.9 Å². The Labute approximate surface area is 207 Å². The number of carbonyl (C=O) groups excluding carboxylic acids is 1. The second-order valence-corrected chi connectivity index (χ2v) is 8.77. The smallest absolute Gasteiger partial charge is 0.238 e. The van der Waals surface area contributed by atoms with Crippen molar-refractivity contribution in [2.24, 2.45) is 0 Å². The van der Waals surface area contributed by atoms with E-state index in [4.69, 9.17) is 11.6 Å². The van der Waals surface area contributed by atoms with E-state index in [0.29, 0.717) is 10.4 Å². The van der Waals surface area contributed by atoms with Crippen LogP contribution in [0.3, 0.4) is 0 Å². The summed E-state index contributed by atoms with van der Waals surface area (Å²) in [5.41, 5.74) is 2.44. The number of anilines is 1. The van der Waals surface area contributed by atoms with Crippen LogP contribution in [0.25, 0.3) is 11.1 Å². The van der Waals surface area contributed by atoms with Crippen LogP contribution in [0.2, 0.25) is 5.02 Å². The molecule has 4 rings (SSSR count). The van der Waals surface area contributed by atoms with Gasteiger partial charge in [-0.1, -0.05) is 59.6 Å². The molecule has 0 fully saturated rings. The summed E-state index contributed by atoms with van der Waals surface area (Å²) in [5.74, 6) is -2.99. The molecule has 4 aromatic rings. The third kappa shape index (κ3) is 5.17. The van der Waals surface area contributed by atoms with Crippen molar-refractivity contribution in [1.29, 1.82) is 0 Å². The number of nitrogens with zero attached hydrogens (tertiary/aromatic N) is 1. The van der Waals surface area contributed by atoms with Crippen LogP contribution in [0.4, 0.5) is 14.5 Å². The minimum Gasteiger partial charge on any atom is -0.618 e. The van der Waals surface area contributed by atoms with Gasteiger partial charge in [0.15, 0.2) is 11.5 Å². The molecule has 1 atom stereocenters. The van der Waals surface area contributed by atoms with Gasteiger partial charge in [0.25, 0.3) is 0 Å². The molecule has 0 aliphatic heterocycles. The normalized spacial score (nSPS) is 11.8. The van der Waals surface area contributed by atoms with Gasteiger partial charge in [-0.3, -0.25) is 4.79 Å². The highest BCUT2D eigenvalue weighted by Crippen LogP contribution is 2.33. The number of carbonyl (C=O) groups is 1. The van der Waals surface area contributed by atoms with E-state index in [1.807, 2.05) is 49.4 Å². The van der Waals surface area contributed by atoms with E-state index in [9.17, 15) is 18.8 Å². The SMILES string of the molecule is Cc1ccc(NC(=O)C(Cc2ccccc2)c2ccc(-c3c(F)ccc(Cl)c3F)c(C)[n+]2[O-])cc1. The second-order valence-electron chi connectivity index (χ2n) is 8.37. The van der Waals surface area contributed by atoms with E-state index >= 15 is 0 Å². The Morgan fingerprint density at radius 3 is 2.34 bits per heavy atom. The standard InChI is InChI=1S/C28H23ClF2N2O2/c1-17-8-10-20(11-9-17)32-28(34)22(16-19-6-4-3-5-7-19)25-15-12-21(18(2)33(25)35)26-24(30)14-13-23(29)27(26)31/h3-15,22H,16H2,1-2H3,(H,32,34). The zero-order valence-electron chi connectivity index (χ0n) is 19.2. The first-order valence-corrected chi connectivity index (χ1v) is 11.4. The number of hydrogen-bond donors (Lipinski definition) is 1. The fourth-order valence-electron chi connectivity index (χ4n) is 4.00. The van der Waals surface area contributed by atoms with Crippen molar-refractivity contribution in [1.82, 2.24) is 0 Å². The predicted molar refractivity (Wildman–Crippen MR) is 133 cm³/mol. The van der Waals surface area contributed by atoms with Crippen molar-refractivity contribution >= 4 is 23.2 Å². The van der Waals surface area contributed by atoms with Crippen molar-refractivity contribution in [3.63, 3.8) is 0 Å². The van der Waals surface area contributed by atoms with Gasteiger partial charge in [-0.05, 0) is 49.2 Å². The number of aryl methyl sites for hydroxylation is 1. The Morgan fingerprint density at radius 1 is 0.971 bits per heavy atom. The minimum absolute atomic E-state index is 0.0590. The minimum atomic E-state index is -0.944. The van der Waals surface area contributed by atoms with Crippen molar-refractivity contribution in [2.75, 3.05) is 5.32 Å². The topological polar surface area (TPSA) is 56.0 Å². The molecule has 0 aliphatic carbocycles. The fourth-order valence-corrected chi connectivity index (χ4v) is 4.16. The molecular weight excluding hydrogens is 470 g/mol. The van der Waals surface area contributed by atoms with Gasteiger partial charge < -0.3 is 10.5 Å². The van der Waals surface area contributed by atoms with Crippen LogP contribution < -0.4 is 10.0 Å². The van der Waals surface area contributed by atoms with E-state index in [1.165, 1.54) is 19.1 Å². The Morgan fingerprint density at radius 2 is 1.66 bits per heavy atom. The number of pyridine rings is 1. The first kappa shape index (κ1) is 24.4. The molecule has 0 spiro atoms. The van der Waals surface area contributed by atoms with E-state index in [2.05, 4.69) is 5.32 Å². The number of benzene rings is 3. The Bertz CT molecular complexity index is 1380. The van der Waals surface area contributed by atoms with Crippen LogP contribution in [-0.2, 0) is 11.2 Å². The second kappa shape index (κ2) is 10.2. The monoisotopic (exact) mass is 492 g/mol. The van der Waals surface area contributed by atoms with Gasteiger partial charge in [0.05, 0.1) is 16.1 Å². The highest BCUT2D eigenvalue weighted by atomic mass is 35.5. The lowest BCUT2D eigenvalue weighted by Gasteiger charge is -2.19. The lowest BCUT2D eigenvalue weighted by Crippen LogP contribution is -2.41. The lowest BCUT2D eigenvalue weighted by molar-refractivity contribution is -0.620. The summed E-state index contributed by atoms with van der Waals surface area (Å²) in [6, 6.07) is 21.7. The number of hydrogen-bond acceptors (Lipinski definition) is 2. The van der Waals surface area contributed by atoms with E-state index < -0.39 is 17.6 Å². The molecule has 1 unspecified atom stereocenters. The molecule has 35 heavy (non-hydrogen) atoms. The van der Waals surface area contributed by atoms with Gasteiger partial charge in [-0.15, -0.1) is 0 Å².